The Kier molecular flexibility index (Phi) is 11.6. The van der Waals surface area contributed by atoms with Gasteiger partial charge in [0.15, 0.2) is 0 Å². The molecule has 2 amide bonds. The molecule has 10 heteroatoms. The average Bonchev–Trinajstić information content (AvgIpc) is 2.95. The predicted octanol–water partition coefficient (Wildman–Crippen LogP) is 5.38. The highest BCUT2D eigenvalue weighted by atomic mass is 79.9. The molecular weight excluding hydrogens is 594 g/mol. The van der Waals surface area contributed by atoms with Crippen LogP contribution in [-0.2, 0) is 26.2 Å². The van der Waals surface area contributed by atoms with E-state index in [1.54, 1.807) is 43.3 Å². The first-order chi connectivity index (χ1) is 19.2. The fraction of sp³-hybridized carbons (Fsp3) is 0.333. The fourth-order valence-corrected chi connectivity index (χ4v) is 5.72. The van der Waals surface area contributed by atoms with Crippen LogP contribution in [0.1, 0.15) is 39.2 Å². The summed E-state index contributed by atoms with van der Waals surface area (Å²) in [5.74, 6) is -0.209. The van der Waals surface area contributed by atoms with Gasteiger partial charge in [-0.15, -0.1) is 0 Å². The molecule has 1 atom stereocenters. The first kappa shape index (κ1) is 31.2. The molecule has 3 rings (SSSR count). The van der Waals surface area contributed by atoms with Crippen molar-refractivity contribution in [3.05, 3.63) is 88.9 Å². The number of nitrogens with zero attached hydrogens (tertiary/aromatic N) is 2. The number of hydrogen-bond acceptors (Lipinski definition) is 5. The SMILES string of the molecule is CCCCNC(=O)[C@H](C)N(Cc1ccccc1)C(=O)CN(c1ccc(OCC)cc1)S(=O)(=O)c1ccc(Br)cc1. The molecule has 3 aromatic carbocycles. The van der Waals surface area contributed by atoms with Crippen molar-refractivity contribution in [2.24, 2.45) is 0 Å². The normalized spacial score (nSPS) is 11.9. The van der Waals surface area contributed by atoms with Crippen molar-refractivity contribution in [1.82, 2.24) is 10.2 Å². The molecular formula is C30H36BrN3O5S. The highest BCUT2D eigenvalue weighted by Gasteiger charge is 2.32. The summed E-state index contributed by atoms with van der Waals surface area (Å²) in [5.41, 5.74) is 1.13. The van der Waals surface area contributed by atoms with Crippen LogP contribution in [0.5, 0.6) is 5.75 Å². The Bertz CT molecular complexity index is 1350. The van der Waals surface area contributed by atoms with E-state index >= 15 is 0 Å². The Hall–Kier alpha value is -3.37. The number of unbranched alkanes of at least 4 members (excludes halogenated alkanes) is 1. The van der Waals surface area contributed by atoms with Crippen molar-refractivity contribution in [1.29, 1.82) is 0 Å². The molecule has 0 radical (unpaired) electrons. The van der Waals surface area contributed by atoms with Gasteiger partial charge in [0, 0.05) is 17.6 Å². The number of carbonyl (C=O) groups excluding carboxylic acids is 2. The number of amides is 2. The summed E-state index contributed by atoms with van der Waals surface area (Å²) in [6.07, 6.45) is 1.74. The van der Waals surface area contributed by atoms with Crippen LogP contribution in [0.15, 0.2) is 88.2 Å². The fourth-order valence-electron chi connectivity index (χ4n) is 4.04. The molecule has 214 valence electrons. The van der Waals surface area contributed by atoms with Crippen LogP contribution in [0.2, 0.25) is 0 Å². The Labute approximate surface area is 245 Å². The van der Waals surface area contributed by atoms with Crippen LogP contribution in [0.25, 0.3) is 0 Å². The van der Waals surface area contributed by atoms with Crippen molar-refractivity contribution in [2.45, 2.75) is 51.1 Å². The van der Waals surface area contributed by atoms with E-state index in [4.69, 9.17) is 4.74 Å². The summed E-state index contributed by atoms with van der Waals surface area (Å²) < 4.78 is 35.1. The number of ether oxygens (including phenoxy) is 1. The predicted molar refractivity (Wildman–Crippen MR) is 161 cm³/mol. The first-order valence-electron chi connectivity index (χ1n) is 13.3. The Morgan fingerprint density at radius 3 is 2.20 bits per heavy atom. The Morgan fingerprint density at radius 1 is 0.950 bits per heavy atom. The molecule has 40 heavy (non-hydrogen) atoms. The highest BCUT2D eigenvalue weighted by Crippen LogP contribution is 2.27. The van der Waals surface area contributed by atoms with Crippen molar-refractivity contribution in [2.75, 3.05) is 24.0 Å². The zero-order valence-corrected chi connectivity index (χ0v) is 25.4. The minimum Gasteiger partial charge on any atom is -0.494 e. The van der Waals surface area contributed by atoms with E-state index in [9.17, 15) is 18.0 Å². The van der Waals surface area contributed by atoms with Gasteiger partial charge in [-0.3, -0.25) is 13.9 Å². The van der Waals surface area contributed by atoms with E-state index in [2.05, 4.69) is 21.2 Å². The number of halogens is 1. The summed E-state index contributed by atoms with van der Waals surface area (Å²) in [5, 5.41) is 2.89. The first-order valence-corrected chi connectivity index (χ1v) is 15.5. The smallest absolute Gasteiger partial charge is 0.264 e. The second kappa shape index (κ2) is 14.9. The Balaban J connectivity index is 1.99. The van der Waals surface area contributed by atoms with Gasteiger partial charge in [-0.2, -0.15) is 0 Å². The third kappa shape index (κ3) is 8.32. The molecule has 0 unspecified atom stereocenters. The second-order valence-electron chi connectivity index (χ2n) is 9.22. The lowest BCUT2D eigenvalue weighted by atomic mass is 10.1. The summed E-state index contributed by atoms with van der Waals surface area (Å²) in [6, 6.07) is 21.3. The van der Waals surface area contributed by atoms with Gasteiger partial charge in [-0.25, -0.2) is 8.42 Å². The maximum absolute atomic E-state index is 13.9. The second-order valence-corrected chi connectivity index (χ2v) is 12.0. The third-order valence-corrected chi connectivity index (χ3v) is 8.63. The van der Waals surface area contributed by atoms with Gasteiger partial charge < -0.3 is 15.0 Å². The van der Waals surface area contributed by atoms with Crippen LogP contribution >= 0.6 is 15.9 Å². The molecule has 0 spiro atoms. The number of rotatable bonds is 14. The average molecular weight is 631 g/mol. The van der Waals surface area contributed by atoms with Gasteiger partial charge in [0.2, 0.25) is 11.8 Å². The van der Waals surface area contributed by atoms with E-state index in [0.29, 0.717) is 24.6 Å². The minimum atomic E-state index is -4.14. The van der Waals surface area contributed by atoms with Crippen LogP contribution in [0.3, 0.4) is 0 Å². The van der Waals surface area contributed by atoms with Crippen LogP contribution in [-0.4, -0.2) is 50.9 Å². The topological polar surface area (TPSA) is 96.0 Å². The lowest BCUT2D eigenvalue weighted by molar-refractivity contribution is -0.139. The van der Waals surface area contributed by atoms with Crippen molar-refractivity contribution < 1.29 is 22.7 Å². The van der Waals surface area contributed by atoms with E-state index in [1.807, 2.05) is 44.2 Å². The molecule has 0 aliphatic carbocycles. The molecule has 0 aromatic heterocycles. The maximum Gasteiger partial charge on any atom is 0.264 e. The zero-order chi connectivity index (χ0) is 29.1. The molecule has 0 saturated heterocycles. The van der Waals surface area contributed by atoms with E-state index in [1.165, 1.54) is 17.0 Å². The van der Waals surface area contributed by atoms with E-state index in [0.717, 1.165) is 27.2 Å². The molecule has 8 nitrogen and oxygen atoms in total. The lowest BCUT2D eigenvalue weighted by Gasteiger charge is -2.32. The summed E-state index contributed by atoms with van der Waals surface area (Å²) >= 11 is 3.34. The van der Waals surface area contributed by atoms with Crippen molar-refractivity contribution >= 4 is 43.5 Å². The molecule has 0 bridgehead atoms. The number of benzene rings is 3. The van der Waals surface area contributed by atoms with Gasteiger partial charge in [-0.05, 0) is 74.4 Å². The molecule has 0 aliphatic rings. The number of sulfonamides is 1. The summed E-state index contributed by atoms with van der Waals surface area (Å²) in [4.78, 5) is 28.4. The molecule has 1 N–H and O–H groups in total. The number of carbonyl (C=O) groups is 2. The van der Waals surface area contributed by atoms with Gasteiger partial charge in [-0.1, -0.05) is 59.6 Å². The molecule has 0 saturated carbocycles. The molecule has 3 aromatic rings. The minimum absolute atomic E-state index is 0.0392. The van der Waals surface area contributed by atoms with Crippen LogP contribution in [0, 0.1) is 0 Å². The molecule has 0 fully saturated rings. The van der Waals surface area contributed by atoms with Gasteiger partial charge in [0.1, 0.15) is 18.3 Å². The highest BCUT2D eigenvalue weighted by molar-refractivity contribution is 9.10. The molecule has 0 heterocycles. The van der Waals surface area contributed by atoms with Gasteiger partial charge >= 0.3 is 0 Å². The summed E-state index contributed by atoms with van der Waals surface area (Å²) in [6.45, 7) is 6.17. The van der Waals surface area contributed by atoms with E-state index < -0.39 is 28.5 Å². The van der Waals surface area contributed by atoms with E-state index in [-0.39, 0.29) is 17.3 Å². The van der Waals surface area contributed by atoms with Crippen LogP contribution in [0.4, 0.5) is 5.69 Å². The lowest BCUT2D eigenvalue weighted by Crippen LogP contribution is -2.51. The summed E-state index contributed by atoms with van der Waals surface area (Å²) in [7, 11) is -4.14. The Morgan fingerprint density at radius 2 is 1.60 bits per heavy atom. The maximum atomic E-state index is 13.9. The van der Waals surface area contributed by atoms with Gasteiger partial charge in [0.05, 0.1) is 17.2 Å². The number of hydrogen-bond donors (Lipinski definition) is 1. The standard InChI is InChI=1S/C30H36BrN3O5S/c1-4-6-20-32-30(36)23(3)33(21-24-10-8-7-9-11-24)29(35)22-34(26-14-16-27(17-15-26)39-5-2)40(37,38)28-18-12-25(31)13-19-28/h7-19,23H,4-6,20-22H2,1-3H3,(H,32,36)/t23-/m0/s1. The van der Waals surface area contributed by atoms with Crippen LogP contribution < -0.4 is 14.4 Å². The van der Waals surface area contributed by atoms with Crippen molar-refractivity contribution in [3.63, 3.8) is 0 Å². The van der Waals surface area contributed by atoms with Gasteiger partial charge in [0.25, 0.3) is 10.0 Å². The largest absolute Gasteiger partial charge is 0.494 e. The third-order valence-electron chi connectivity index (χ3n) is 6.31. The zero-order valence-electron chi connectivity index (χ0n) is 23.0. The number of anilines is 1. The number of nitrogens with one attached hydrogen (secondary N) is 1. The van der Waals surface area contributed by atoms with Crippen molar-refractivity contribution in [3.8, 4) is 5.75 Å². The monoisotopic (exact) mass is 629 g/mol. The molecule has 0 aliphatic heterocycles. The quantitative estimate of drug-likeness (QED) is 0.242.